The summed E-state index contributed by atoms with van der Waals surface area (Å²) in [6, 6.07) is 12.7. The maximum absolute atomic E-state index is 14.1. The summed E-state index contributed by atoms with van der Waals surface area (Å²) in [7, 11) is 3.60. The fourth-order valence-electron chi connectivity index (χ4n) is 5.05. The number of nitrogens with zero attached hydrogens (tertiary/aromatic N) is 7. The summed E-state index contributed by atoms with van der Waals surface area (Å²) in [5.41, 5.74) is 1.88. The van der Waals surface area contributed by atoms with Crippen LogP contribution in [0.25, 0.3) is 16.7 Å². The molecule has 220 valence electrons. The molecule has 9 nitrogen and oxygen atoms in total. The van der Waals surface area contributed by atoms with E-state index in [1.807, 2.05) is 47.2 Å². The molecule has 0 amide bonds. The van der Waals surface area contributed by atoms with Crippen molar-refractivity contribution in [2.75, 3.05) is 50.1 Å². The van der Waals surface area contributed by atoms with E-state index in [-0.39, 0.29) is 12.2 Å². The van der Waals surface area contributed by atoms with Gasteiger partial charge in [-0.1, -0.05) is 35.3 Å². The normalized spacial score (nSPS) is 14.7. The molecule has 42 heavy (non-hydrogen) atoms. The van der Waals surface area contributed by atoms with Gasteiger partial charge in [0.25, 0.3) is 0 Å². The molecule has 2 aromatic carbocycles. The van der Waals surface area contributed by atoms with Gasteiger partial charge in [0.1, 0.15) is 11.6 Å². The molecule has 0 unspecified atom stereocenters. The number of methoxy groups -OCH3 is 1. The molecule has 1 N–H and O–H groups in total. The van der Waals surface area contributed by atoms with Gasteiger partial charge in [-0.3, -0.25) is 0 Å². The molecule has 1 saturated heterocycles. The van der Waals surface area contributed by atoms with Crippen molar-refractivity contribution in [3.8, 4) is 5.75 Å². The predicted octanol–water partition coefficient (Wildman–Crippen LogP) is 5.90. The van der Waals surface area contributed by atoms with Crippen LogP contribution in [0.2, 0.25) is 10.0 Å². The van der Waals surface area contributed by atoms with Crippen molar-refractivity contribution in [3.05, 3.63) is 75.8 Å². The minimum absolute atomic E-state index is 0.0934. The Morgan fingerprint density at radius 2 is 1.71 bits per heavy atom. The van der Waals surface area contributed by atoms with Crippen molar-refractivity contribution in [3.63, 3.8) is 0 Å². The molecule has 0 atom stereocenters. The summed E-state index contributed by atoms with van der Waals surface area (Å²) in [4.78, 5) is 18.3. The molecule has 1 aliphatic heterocycles. The Morgan fingerprint density at radius 3 is 2.40 bits per heavy atom. The third-order valence-corrected chi connectivity index (χ3v) is 8.06. The van der Waals surface area contributed by atoms with E-state index in [4.69, 9.17) is 32.9 Å². The Morgan fingerprint density at radius 1 is 1.00 bits per heavy atom. The average Bonchev–Trinajstić information content (AvgIpc) is 3.57. The smallest absolute Gasteiger partial charge is 0.435 e. The number of aromatic amines is 1. The lowest BCUT2D eigenvalue weighted by molar-refractivity contribution is -0.142. The molecule has 0 radical (unpaired) electrons. The van der Waals surface area contributed by atoms with Gasteiger partial charge < -0.3 is 24.4 Å². The zero-order valence-electron chi connectivity index (χ0n) is 22.8. The largest absolute Gasteiger partial charge is 0.497 e. The average molecular weight is 619 g/mol. The Balaban J connectivity index is 1.48. The number of benzene rings is 2. The number of ether oxygens (including phenoxy) is 1. The molecule has 3 aromatic heterocycles. The van der Waals surface area contributed by atoms with Crippen molar-refractivity contribution >= 4 is 51.4 Å². The van der Waals surface area contributed by atoms with Crippen LogP contribution >= 0.6 is 23.2 Å². The number of imidazole rings is 2. The number of piperazine rings is 1. The quantitative estimate of drug-likeness (QED) is 0.243. The van der Waals surface area contributed by atoms with E-state index < -0.39 is 11.9 Å². The third kappa shape index (κ3) is 5.66. The zero-order chi connectivity index (χ0) is 29.6. The second-order valence-corrected chi connectivity index (χ2v) is 11.0. The standard InChI is InChI=1S/C28H27Cl2F3N8O/c1-38-7-9-39(10-8-38)26-13-23(27-34-14-24(28(31,32)33)41(27)37-26)40(15-17-3-5-18(42-2)6-4-17)16-25-35-21-11-19(29)20(30)12-22(21)36-25/h3-6,11-14H,7-10,15-16H2,1-2H3,(H,35,36). The molecule has 4 heterocycles. The van der Waals surface area contributed by atoms with Crippen LogP contribution in [0.4, 0.5) is 24.7 Å². The van der Waals surface area contributed by atoms with Crippen LogP contribution < -0.4 is 14.5 Å². The lowest BCUT2D eigenvalue weighted by atomic mass is 10.2. The minimum Gasteiger partial charge on any atom is -0.497 e. The van der Waals surface area contributed by atoms with Crippen molar-refractivity contribution in [2.24, 2.45) is 0 Å². The van der Waals surface area contributed by atoms with Crippen LogP contribution in [0, 0.1) is 0 Å². The number of nitrogens with one attached hydrogen (secondary N) is 1. The molecular weight excluding hydrogens is 592 g/mol. The Kier molecular flexibility index (Phi) is 7.54. The highest BCUT2D eigenvalue weighted by Gasteiger charge is 2.36. The van der Waals surface area contributed by atoms with Gasteiger partial charge in [-0.05, 0) is 36.9 Å². The maximum atomic E-state index is 14.1. The highest BCUT2D eigenvalue weighted by atomic mass is 35.5. The second kappa shape index (κ2) is 11.2. The number of halogens is 5. The van der Waals surface area contributed by atoms with Gasteiger partial charge in [-0.15, -0.1) is 5.10 Å². The van der Waals surface area contributed by atoms with Crippen LogP contribution in [0.15, 0.2) is 48.7 Å². The van der Waals surface area contributed by atoms with E-state index in [2.05, 4.69) is 20.0 Å². The van der Waals surface area contributed by atoms with E-state index >= 15 is 0 Å². The Hall–Kier alpha value is -3.74. The predicted molar refractivity (Wildman–Crippen MR) is 157 cm³/mol. The number of rotatable bonds is 7. The summed E-state index contributed by atoms with van der Waals surface area (Å²) < 4.78 is 48.4. The van der Waals surface area contributed by atoms with Gasteiger partial charge in [0, 0.05) is 38.8 Å². The van der Waals surface area contributed by atoms with Gasteiger partial charge in [-0.25, -0.2) is 14.5 Å². The third-order valence-electron chi connectivity index (χ3n) is 7.34. The second-order valence-electron chi connectivity index (χ2n) is 10.2. The molecule has 14 heteroatoms. The first kappa shape index (κ1) is 28.4. The SMILES string of the molecule is COc1ccc(CN(Cc2nc3cc(Cl)c(Cl)cc3[nH]2)c2cc(N3CCN(C)CC3)nn3c(C(F)(F)F)cnc23)cc1. The van der Waals surface area contributed by atoms with Gasteiger partial charge in [0.05, 0.1) is 46.6 Å². The van der Waals surface area contributed by atoms with Gasteiger partial charge >= 0.3 is 6.18 Å². The van der Waals surface area contributed by atoms with Crippen molar-refractivity contribution < 1.29 is 17.9 Å². The molecule has 0 spiro atoms. The molecule has 0 bridgehead atoms. The van der Waals surface area contributed by atoms with Crippen molar-refractivity contribution in [2.45, 2.75) is 19.3 Å². The number of aromatic nitrogens is 5. The maximum Gasteiger partial charge on any atom is 0.435 e. The highest BCUT2D eigenvalue weighted by molar-refractivity contribution is 6.42. The minimum atomic E-state index is -4.64. The highest BCUT2D eigenvalue weighted by Crippen LogP contribution is 2.35. The first-order valence-corrected chi connectivity index (χ1v) is 14.0. The molecular formula is C28H27Cl2F3N8O. The fourth-order valence-corrected chi connectivity index (χ4v) is 5.37. The molecule has 5 aromatic rings. The van der Waals surface area contributed by atoms with Gasteiger partial charge in [0.15, 0.2) is 17.2 Å². The van der Waals surface area contributed by atoms with E-state index in [1.54, 1.807) is 19.2 Å². The fraction of sp³-hybridized carbons (Fsp3) is 0.321. The number of hydrogen-bond donors (Lipinski definition) is 1. The number of alkyl halides is 3. The monoisotopic (exact) mass is 618 g/mol. The molecule has 6 rings (SSSR count). The summed E-state index contributed by atoms with van der Waals surface area (Å²) >= 11 is 12.4. The molecule has 0 saturated carbocycles. The van der Waals surface area contributed by atoms with Crippen LogP contribution in [0.5, 0.6) is 5.75 Å². The lowest BCUT2D eigenvalue weighted by Crippen LogP contribution is -2.45. The lowest BCUT2D eigenvalue weighted by Gasteiger charge is -2.34. The Bertz CT molecular complexity index is 1690. The Labute approximate surface area is 249 Å². The van der Waals surface area contributed by atoms with Crippen LogP contribution in [0.3, 0.4) is 0 Å². The van der Waals surface area contributed by atoms with E-state index in [1.165, 1.54) is 0 Å². The van der Waals surface area contributed by atoms with Gasteiger partial charge in [0.2, 0.25) is 0 Å². The zero-order valence-corrected chi connectivity index (χ0v) is 24.3. The molecule has 0 aliphatic carbocycles. The molecule has 1 fully saturated rings. The van der Waals surface area contributed by atoms with Crippen LogP contribution in [-0.2, 0) is 19.3 Å². The number of H-pyrrole nitrogens is 1. The number of anilines is 2. The summed E-state index contributed by atoms with van der Waals surface area (Å²) in [5.74, 6) is 1.72. The number of fused-ring (bicyclic) bond motifs is 2. The molecule has 1 aliphatic rings. The first-order chi connectivity index (χ1) is 20.1. The van der Waals surface area contributed by atoms with Gasteiger partial charge in [-0.2, -0.15) is 13.2 Å². The topological polar surface area (TPSA) is 77.8 Å². The van der Waals surface area contributed by atoms with Crippen LogP contribution in [-0.4, -0.2) is 69.8 Å². The van der Waals surface area contributed by atoms with Crippen LogP contribution in [0.1, 0.15) is 17.1 Å². The van der Waals surface area contributed by atoms with E-state index in [9.17, 15) is 13.2 Å². The first-order valence-electron chi connectivity index (χ1n) is 13.2. The van der Waals surface area contributed by atoms with E-state index in [0.29, 0.717) is 63.8 Å². The summed E-state index contributed by atoms with van der Waals surface area (Å²) in [6.07, 6.45) is -3.81. The number of likely N-dealkylation sites (N-methyl/N-ethyl adjacent to an activating group) is 1. The van der Waals surface area contributed by atoms with Crippen molar-refractivity contribution in [1.82, 2.24) is 29.5 Å². The van der Waals surface area contributed by atoms with E-state index in [0.717, 1.165) is 29.4 Å². The summed E-state index contributed by atoms with van der Waals surface area (Å²) in [6.45, 7) is 3.38. The van der Waals surface area contributed by atoms with Crippen molar-refractivity contribution in [1.29, 1.82) is 0 Å². The summed E-state index contributed by atoms with van der Waals surface area (Å²) in [5, 5.41) is 5.19. The number of hydrogen-bond acceptors (Lipinski definition) is 7.